The van der Waals surface area contributed by atoms with Gasteiger partial charge in [-0.3, -0.25) is 4.90 Å². The zero-order valence-electron chi connectivity index (χ0n) is 15.8. The van der Waals surface area contributed by atoms with Crippen LogP contribution >= 0.6 is 0 Å². The van der Waals surface area contributed by atoms with E-state index in [0.29, 0.717) is 6.04 Å². The van der Waals surface area contributed by atoms with Gasteiger partial charge in [-0.1, -0.05) is 24.3 Å². The third-order valence-electron chi connectivity index (χ3n) is 4.77. The van der Waals surface area contributed by atoms with E-state index < -0.39 is 0 Å². The highest BCUT2D eigenvalue weighted by atomic mass is 15.3. The van der Waals surface area contributed by atoms with Crippen LogP contribution in [0.5, 0.6) is 0 Å². The Balaban J connectivity index is 1.64. The lowest BCUT2D eigenvalue weighted by atomic mass is 10.1. The van der Waals surface area contributed by atoms with Gasteiger partial charge in [0, 0.05) is 44.3 Å². The van der Waals surface area contributed by atoms with Crippen LogP contribution in [-0.2, 0) is 6.54 Å². The number of anilines is 1. The minimum absolute atomic E-state index is 0.617. The summed E-state index contributed by atoms with van der Waals surface area (Å²) in [5.41, 5.74) is 3.36. The zero-order chi connectivity index (χ0) is 17.8. The summed E-state index contributed by atoms with van der Waals surface area (Å²) in [6.07, 6.45) is 0. The predicted octanol–water partition coefficient (Wildman–Crippen LogP) is 2.74. The molecule has 2 aromatic rings. The molecule has 0 N–H and O–H groups in total. The van der Waals surface area contributed by atoms with Crippen molar-refractivity contribution in [3.05, 3.63) is 42.0 Å². The smallest absolute Gasteiger partial charge is 0.151 e. The Morgan fingerprint density at radius 1 is 0.920 bits per heavy atom. The molecule has 5 heteroatoms. The van der Waals surface area contributed by atoms with Crippen molar-refractivity contribution in [2.45, 2.75) is 26.4 Å². The Bertz CT molecular complexity index is 655. The van der Waals surface area contributed by atoms with Gasteiger partial charge in [-0.2, -0.15) is 0 Å². The number of aromatic nitrogens is 2. The van der Waals surface area contributed by atoms with E-state index in [1.54, 1.807) is 0 Å². The second-order valence-corrected chi connectivity index (χ2v) is 7.33. The summed E-state index contributed by atoms with van der Waals surface area (Å²) in [5.74, 6) is 0.983. The largest absolute Gasteiger partial charge is 0.353 e. The maximum Gasteiger partial charge on any atom is 0.151 e. The van der Waals surface area contributed by atoms with Crippen molar-refractivity contribution in [2.75, 3.05) is 45.2 Å². The molecule has 1 fully saturated rings. The van der Waals surface area contributed by atoms with E-state index in [9.17, 15) is 0 Å². The normalized spacial score (nSPS) is 16.0. The van der Waals surface area contributed by atoms with Gasteiger partial charge < -0.3 is 9.80 Å². The van der Waals surface area contributed by atoms with Gasteiger partial charge in [0.05, 0.1) is 5.69 Å². The molecule has 1 aliphatic heterocycles. The van der Waals surface area contributed by atoms with Crippen LogP contribution in [0.1, 0.15) is 19.4 Å². The molecule has 1 aromatic carbocycles. The highest BCUT2D eigenvalue weighted by Crippen LogP contribution is 2.20. The van der Waals surface area contributed by atoms with Crippen molar-refractivity contribution >= 4 is 5.82 Å². The molecule has 0 aliphatic carbocycles. The van der Waals surface area contributed by atoms with Crippen LogP contribution in [0.3, 0.4) is 0 Å². The molecule has 1 aromatic heterocycles. The molecule has 3 rings (SSSR count). The maximum atomic E-state index is 4.47. The van der Waals surface area contributed by atoms with Crippen molar-refractivity contribution in [1.29, 1.82) is 0 Å². The molecule has 0 unspecified atom stereocenters. The van der Waals surface area contributed by atoms with E-state index in [1.165, 1.54) is 5.56 Å². The van der Waals surface area contributed by atoms with Crippen LogP contribution in [0, 0.1) is 0 Å². The van der Waals surface area contributed by atoms with E-state index >= 15 is 0 Å². The third-order valence-corrected chi connectivity index (χ3v) is 4.77. The minimum Gasteiger partial charge on any atom is -0.353 e. The standard InChI is InChI=1S/C20H29N5/c1-16(2)24-11-13-25(14-12-24)20-10-9-19(21-22-20)18-7-5-17(6-8-18)15-23(3)4/h5-10,16H,11-15H2,1-4H3. The van der Waals surface area contributed by atoms with Gasteiger partial charge in [0.1, 0.15) is 0 Å². The fourth-order valence-corrected chi connectivity index (χ4v) is 3.26. The lowest BCUT2D eigenvalue weighted by molar-refractivity contribution is 0.209. The molecule has 0 spiro atoms. The van der Waals surface area contributed by atoms with Crippen LogP contribution in [0.15, 0.2) is 36.4 Å². The highest BCUT2D eigenvalue weighted by molar-refractivity contribution is 5.60. The van der Waals surface area contributed by atoms with Crippen molar-refractivity contribution in [3.63, 3.8) is 0 Å². The lowest BCUT2D eigenvalue weighted by Gasteiger charge is -2.37. The second kappa shape index (κ2) is 7.93. The topological polar surface area (TPSA) is 35.5 Å². The zero-order valence-corrected chi connectivity index (χ0v) is 15.8. The van der Waals surface area contributed by atoms with Crippen LogP contribution in [0.2, 0.25) is 0 Å². The molecule has 5 nitrogen and oxygen atoms in total. The van der Waals surface area contributed by atoms with E-state index in [-0.39, 0.29) is 0 Å². The van der Waals surface area contributed by atoms with E-state index in [2.05, 4.69) is 89.2 Å². The summed E-state index contributed by atoms with van der Waals surface area (Å²) in [7, 11) is 4.16. The molecule has 0 atom stereocenters. The molecule has 134 valence electrons. The van der Waals surface area contributed by atoms with Crippen molar-refractivity contribution in [2.24, 2.45) is 0 Å². The molecule has 1 saturated heterocycles. The first-order valence-electron chi connectivity index (χ1n) is 9.09. The number of nitrogens with zero attached hydrogens (tertiary/aromatic N) is 5. The average Bonchev–Trinajstić information content (AvgIpc) is 2.62. The SMILES string of the molecule is CC(C)N1CCN(c2ccc(-c3ccc(CN(C)C)cc3)nn2)CC1. The molecule has 25 heavy (non-hydrogen) atoms. The summed E-state index contributed by atoms with van der Waals surface area (Å²) in [4.78, 5) is 7.01. The van der Waals surface area contributed by atoms with Gasteiger partial charge in [-0.25, -0.2) is 0 Å². The first kappa shape index (κ1) is 17.8. The third kappa shape index (κ3) is 4.55. The van der Waals surface area contributed by atoms with Gasteiger partial charge in [0.2, 0.25) is 0 Å². The summed E-state index contributed by atoms with van der Waals surface area (Å²) >= 11 is 0. The molecule has 0 bridgehead atoms. The Kier molecular flexibility index (Phi) is 5.66. The summed E-state index contributed by atoms with van der Waals surface area (Å²) < 4.78 is 0. The lowest BCUT2D eigenvalue weighted by Crippen LogP contribution is -2.49. The van der Waals surface area contributed by atoms with Crippen LogP contribution in [0.25, 0.3) is 11.3 Å². The van der Waals surface area contributed by atoms with Crippen molar-refractivity contribution < 1.29 is 0 Å². The minimum atomic E-state index is 0.617. The molecule has 1 aliphatic rings. The first-order valence-corrected chi connectivity index (χ1v) is 9.09. The van der Waals surface area contributed by atoms with Gasteiger partial charge in [-0.15, -0.1) is 10.2 Å². The summed E-state index contributed by atoms with van der Waals surface area (Å²) in [6, 6.07) is 13.4. The Morgan fingerprint density at radius 2 is 1.60 bits per heavy atom. The monoisotopic (exact) mass is 339 g/mol. The van der Waals surface area contributed by atoms with Crippen LogP contribution in [-0.4, -0.2) is 66.3 Å². The first-order chi connectivity index (χ1) is 12.0. The number of hydrogen-bond donors (Lipinski definition) is 0. The Morgan fingerprint density at radius 3 is 2.12 bits per heavy atom. The Hall–Kier alpha value is -1.98. The molecule has 2 heterocycles. The predicted molar refractivity (Wildman–Crippen MR) is 104 cm³/mol. The number of rotatable bonds is 5. The van der Waals surface area contributed by atoms with Gasteiger partial charge in [-0.05, 0) is 45.6 Å². The van der Waals surface area contributed by atoms with Crippen LogP contribution < -0.4 is 4.90 Å². The number of hydrogen-bond acceptors (Lipinski definition) is 5. The summed E-state index contributed by atoms with van der Waals surface area (Å²) in [6.45, 7) is 9.69. The number of benzene rings is 1. The fraction of sp³-hybridized carbons (Fsp3) is 0.500. The molecular weight excluding hydrogens is 310 g/mol. The van der Waals surface area contributed by atoms with Crippen LogP contribution in [0.4, 0.5) is 5.82 Å². The second-order valence-electron chi connectivity index (χ2n) is 7.33. The van der Waals surface area contributed by atoms with E-state index in [1.807, 2.05) is 0 Å². The van der Waals surface area contributed by atoms with Gasteiger partial charge in [0.25, 0.3) is 0 Å². The van der Waals surface area contributed by atoms with E-state index in [4.69, 9.17) is 0 Å². The highest BCUT2D eigenvalue weighted by Gasteiger charge is 2.19. The fourth-order valence-electron chi connectivity index (χ4n) is 3.26. The van der Waals surface area contributed by atoms with Crippen molar-refractivity contribution in [1.82, 2.24) is 20.0 Å². The maximum absolute atomic E-state index is 4.47. The molecular formula is C20H29N5. The Labute approximate surface area is 151 Å². The average molecular weight is 339 g/mol. The molecule has 0 amide bonds. The molecule has 0 radical (unpaired) electrons. The molecule has 0 saturated carbocycles. The summed E-state index contributed by atoms with van der Waals surface area (Å²) in [5, 5.41) is 8.92. The number of piperazine rings is 1. The quantitative estimate of drug-likeness (QED) is 0.837. The van der Waals surface area contributed by atoms with Gasteiger partial charge >= 0.3 is 0 Å². The van der Waals surface area contributed by atoms with Crippen molar-refractivity contribution in [3.8, 4) is 11.3 Å². The van der Waals surface area contributed by atoms with Gasteiger partial charge in [0.15, 0.2) is 5.82 Å². The van der Waals surface area contributed by atoms with E-state index in [0.717, 1.165) is 49.8 Å².